The molecule has 2 rings (SSSR count). The third-order valence-electron chi connectivity index (χ3n) is 3.24. The van der Waals surface area contributed by atoms with Gasteiger partial charge in [-0.3, -0.25) is 19.2 Å². The Hall–Kier alpha value is -1.69. The quantitative estimate of drug-likeness (QED) is 0.765. The van der Waals surface area contributed by atoms with E-state index in [2.05, 4.69) is 10.4 Å². The third kappa shape index (κ3) is 3.01. The van der Waals surface area contributed by atoms with Crippen LogP contribution in [0.5, 0.6) is 0 Å². The summed E-state index contributed by atoms with van der Waals surface area (Å²) in [7, 11) is 1.87. The van der Waals surface area contributed by atoms with Crippen molar-refractivity contribution in [1.82, 2.24) is 20.0 Å². The van der Waals surface area contributed by atoms with Gasteiger partial charge in [-0.1, -0.05) is 0 Å². The lowest BCUT2D eigenvalue weighted by atomic mass is 10.2. The first-order chi connectivity index (χ1) is 8.99. The van der Waals surface area contributed by atoms with Gasteiger partial charge in [-0.05, 0) is 19.9 Å². The van der Waals surface area contributed by atoms with E-state index in [0.717, 1.165) is 12.1 Å². The summed E-state index contributed by atoms with van der Waals surface area (Å²) in [5, 5.41) is 7.41. The van der Waals surface area contributed by atoms with Gasteiger partial charge < -0.3 is 5.32 Å². The van der Waals surface area contributed by atoms with Crippen LogP contribution in [-0.2, 0) is 23.1 Å². The summed E-state index contributed by atoms with van der Waals surface area (Å²) >= 11 is 0. The first kappa shape index (κ1) is 13.7. The topological polar surface area (TPSA) is 67.2 Å². The molecule has 0 bridgehead atoms. The molecule has 1 aromatic heterocycles. The van der Waals surface area contributed by atoms with Crippen molar-refractivity contribution >= 4 is 11.8 Å². The van der Waals surface area contributed by atoms with E-state index in [4.69, 9.17) is 0 Å². The van der Waals surface area contributed by atoms with Crippen molar-refractivity contribution in [3.63, 3.8) is 0 Å². The largest absolute Gasteiger partial charge is 0.305 e. The molecule has 6 nitrogen and oxygen atoms in total. The second-order valence-electron chi connectivity index (χ2n) is 5.14. The molecule has 1 fully saturated rings. The number of carbonyl (C=O) groups excluding carboxylic acids is 2. The van der Waals surface area contributed by atoms with Crippen LogP contribution in [-0.4, -0.2) is 45.1 Å². The fourth-order valence-corrected chi connectivity index (χ4v) is 2.32. The summed E-state index contributed by atoms with van der Waals surface area (Å²) in [4.78, 5) is 25.1. The van der Waals surface area contributed by atoms with E-state index in [1.165, 1.54) is 4.90 Å². The molecule has 19 heavy (non-hydrogen) atoms. The predicted octanol–water partition coefficient (Wildman–Crippen LogP) is 0.0881. The van der Waals surface area contributed by atoms with Crippen LogP contribution in [0.15, 0.2) is 12.3 Å². The van der Waals surface area contributed by atoms with Gasteiger partial charge in [0.15, 0.2) is 0 Å². The summed E-state index contributed by atoms with van der Waals surface area (Å²) in [5.74, 6) is -0.198. The maximum Gasteiger partial charge on any atom is 0.247 e. The van der Waals surface area contributed by atoms with E-state index in [1.807, 2.05) is 33.2 Å². The number of hydrogen-bond acceptors (Lipinski definition) is 4. The molecule has 1 N–H and O–H groups in total. The molecule has 1 saturated heterocycles. The van der Waals surface area contributed by atoms with Gasteiger partial charge in [0.25, 0.3) is 0 Å². The fraction of sp³-hybridized carbons (Fsp3) is 0.615. The van der Waals surface area contributed by atoms with E-state index < -0.39 is 0 Å². The smallest absolute Gasteiger partial charge is 0.247 e. The predicted molar refractivity (Wildman–Crippen MR) is 70.3 cm³/mol. The molecule has 1 aliphatic rings. The van der Waals surface area contributed by atoms with Crippen LogP contribution >= 0.6 is 0 Å². The zero-order valence-corrected chi connectivity index (χ0v) is 11.6. The van der Waals surface area contributed by atoms with E-state index in [-0.39, 0.29) is 30.3 Å². The summed E-state index contributed by atoms with van der Waals surface area (Å²) in [5.41, 5.74) is 0.979. The molecule has 1 aliphatic heterocycles. The molecule has 6 heteroatoms. The third-order valence-corrected chi connectivity index (χ3v) is 3.24. The number of nitrogens with zero attached hydrogens (tertiary/aromatic N) is 3. The maximum absolute atomic E-state index is 12.0. The van der Waals surface area contributed by atoms with Crippen molar-refractivity contribution in [2.75, 3.05) is 6.54 Å². The Kier molecular flexibility index (Phi) is 3.99. The van der Waals surface area contributed by atoms with Gasteiger partial charge in [0.05, 0.1) is 18.2 Å². The monoisotopic (exact) mass is 264 g/mol. The highest BCUT2D eigenvalue weighted by atomic mass is 16.2. The second-order valence-corrected chi connectivity index (χ2v) is 5.14. The van der Waals surface area contributed by atoms with Crippen molar-refractivity contribution in [3.05, 3.63) is 18.0 Å². The number of amides is 2. The SMILES string of the molecule is CC(C)N1C(=O)CC(NCCc2ccn(C)n2)C1=O. The van der Waals surface area contributed by atoms with E-state index >= 15 is 0 Å². The molecular weight excluding hydrogens is 244 g/mol. The van der Waals surface area contributed by atoms with Crippen molar-refractivity contribution in [1.29, 1.82) is 0 Å². The number of nitrogens with one attached hydrogen (secondary N) is 1. The molecule has 0 aliphatic carbocycles. The highest BCUT2D eigenvalue weighted by molar-refractivity contribution is 6.05. The standard InChI is InChI=1S/C13H20N4O2/c1-9(2)17-12(18)8-11(13(17)19)14-6-4-10-5-7-16(3)15-10/h5,7,9,11,14H,4,6,8H2,1-3H3. The molecule has 0 radical (unpaired) electrons. The number of imide groups is 1. The highest BCUT2D eigenvalue weighted by Crippen LogP contribution is 2.16. The lowest BCUT2D eigenvalue weighted by Crippen LogP contribution is -2.42. The van der Waals surface area contributed by atoms with E-state index in [0.29, 0.717) is 6.54 Å². The highest BCUT2D eigenvalue weighted by Gasteiger charge is 2.39. The van der Waals surface area contributed by atoms with E-state index in [9.17, 15) is 9.59 Å². The van der Waals surface area contributed by atoms with Gasteiger partial charge in [0.1, 0.15) is 0 Å². The molecule has 2 amide bonds. The van der Waals surface area contributed by atoms with Crippen molar-refractivity contribution in [2.24, 2.45) is 7.05 Å². The Morgan fingerprint density at radius 3 is 2.74 bits per heavy atom. The van der Waals surface area contributed by atoms with Gasteiger partial charge in [-0.25, -0.2) is 0 Å². The molecule has 1 atom stereocenters. The van der Waals surface area contributed by atoms with Crippen LogP contribution in [0.2, 0.25) is 0 Å². The normalized spacial score (nSPS) is 19.8. The average molecular weight is 264 g/mol. The molecular formula is C13H20N4O2. The molecule has 1 unspecified atom stereocenters. The van der Waals surface area contributed by atoms with Crippen molar-refractivity contribution in [2.45, 2.75) is 38.8 Å². The van der Waals surface area contributed by atoms with Crippen molar-refractivity contribution < 1.29 is 9.59 Å². The van der Waals surface area contributed by atoms with Gasteiger partial charge in [-0.2, -0.15) is 5.10 Å². The number of rotatable bonds is 5. The second kappa shape index (κ2) is 5.52. The van der Waals surface area contributed by atoms with Crippen LogP contribution in [0.1, 0.15) is 26.0 Å². The maximum atomic E-state index is 12.0. The lowest BCUT2D eigenvalue weighted by molar-refractivity contribution is -0.140. The first-order valence-electron chi connectivity index (χ1n) is 6.57. The van der Waals surface area contributed by atoms with Gasteiger partial charge >= 0.3 is 0 Å². The van der Waals surface area contributed by atoms with Crippen LogP contribution in [0.3, 0.4) is 0 Å². The van der Waals surface area contributed by atoms with Crippen molar-refractivity contribution in [3.8, 4) is 0 Å². The Bertz CT molecular complexity index is 481. The minimum absolute atomic E-state index is 0.0670. The number of aryl methyl sites for hydroxylation is 1. The van der Waals surface area contributed by atoms with Gasteiger partial charge in [-0.15, -0.1) is 0 Å². The molecule has 0 aromatic carbocycles. The minimum atomic E-state index is -0.376. The zero-order chi connectivity index (χ0) is 14.0. The Morgan fingerprint density at radius 2 is 2.21 bits per heavy atom. The Balaban J connectivity index is 1.84. The molecule has 0 saturated carbocycles. The summed E-state index contributed by atoms with van der Waals surface area (Å²) in [6.45, 7) is 4.35. The van der Waals surface area contributed by atoms with Crippen LogP contribution < -0.4 is 5.32 Å². The van der Waals surface area contributed by atoms with Gasteiger partial charge in [0, 0.05) is 32.3 Å². The van der Waals surface area contributed by atoms with E-state index in [1.54, 1.807) is 4.68 Å². The Labute approximate surface area is 112 Å². The molecule has 1 aromatic rings. The number of aromatic nitrogens is 2. The van der Waals surface area contributed by atoms with Crippen LogP contribution in [0.25, 0.3) is 0 Å². The van der Waals surface area contributed by atoms with Crippen LogP contribution in [0.4, 0.5) is 0 Å². The number of carbonyl (C=O) groups is 2. The fourth-order valence-electron chi connectivity index (χ4n) is 2.32. The summed E-state index contributed by atoms with van der Waals surface area (Å²) in [6.07, 6.45) is 2.90. The average Bonchev–Trinajstić information content (AvgIpc) is 2.84. The summed E-state index contributed by atoms with van der Waals surface area (Å²) < 4.78 is 1.75. The molecule has 104 valence electrons. The first-order valence-corrected chi connectivity index (χ1v) is 6.57. The number of likely N-dealkylation sites (tertiary alicyclic amines) is 1. The lowest BCUT2D eigenvalue weighted by Gasteiger charge is -2.19. The number of hydrogen-bond donors (Lipinski definition) is 1. The zero-order valence-electron chi connectivity index (χ0n) is 11.6. The molecule has 2 heterocycles. The Morgan fingerprint density at radius 1 is 1.47 bits per heavy atom. The molecule has 0 spiro atoms. The van der Waals surface area contributed by atoms with Crippen LogP contribution in [0, 0.1) is 0 Å². The minimum Gasteiger partial charge on any atom is -0.305 e. The van der Waals surface area contributed by atoms with Gasteiger partial charge in [0.2, 0.25) is 11.8 Å². The summed E-state index contributed by atoms with van der Waals surface area (Å²) in [6, 6.07) is 1.50.